The van der Waals surface area contributed by atoms with E-state index in [9.17, 15) is 9.59 Å². The fourth-order valence-corrected chi connectivity index (χ4v) is 3.48. The number of hydrogen-bond acceptors (Lipinski definition) is 3. The topological polar surface area (TPSA) is 65.7 Å². The first kappa shape index (κ1) is 13.3. The Hall–Kier alpha value is -1.66. The van der Waals surface area contributed by atoms with Gasteiger partial charge in [0.1, 0.15) is 0 Å². The van der Waals surface area contributed by atoms with E-state index in [1.807, 2.05) is 12.1 Å². The van der Waals surface area contributed by atoms with Crippen LogP contribution in [0.15, 0.2) is 33.5 Å². The molecule has 0 saturated heterocycles. The molecule has 0 amide bonds. The van der Waals surface area contributed by atoms with Gasteiger partial charge in [0.05, 0.1) is 15.9 Å². The molecule has 3 rings (SSSR count). The van der Waals surface area contributed by atoms with Gasteiger partial charge in [0.2, 0.25) is 5.78 Å². The summed E-state index contributed by atoms with van der Waals surface area (Å²) in [6, 6.07) is 7.27. The van der Waals surface area contributed by atoms with Crippen molar-refractivity contribution >= 4 is 44.1 Å². The number of carbonyl (C=O) groups excluding carboxylic acids is 1. The molecular formula is C14H11BrN2O2S. The average Bonchev–Trinajstić information content (AvgIpc) is 3.02. The number of aryl methyl sites for hydroxylation is 1. The lowest BCUT2D eigenvalue weighted by Gasteiger charge is -2.02. The lowest BCUT2D eigenvalue weighted by molar-refractivity contribution is 0.104. The first-order valence-corrected chi connectivity index (χ1v) is 7.74. The van der Waals surface area contributed by atoms with Crippen molar-refractivity contribution in [2.75, 3.05) is 0 Å². The van der Waals surface area contributed by atoms with E-state index >= 15 is 0 Å². The highest BCUT2D eigenvalue weighted by Crippen LogP contribution is 2.27. The van der Waals surface area contributed by atoms with Gasteiger partial charge < -0.3 is 9.97 Å². The molecule has 0 bridgehead atoms. The molecule has 20 heavy (non-hydrogen) atoms. The maximum Gasteiger partial charge on any atom is 0.323 e. The second-order valence-electron chi connectivity index (χ2n) is 4.41. The SMILES string of the molecule is CCc1ccc(C(=O)c2cc3[nH]c(=O)[nH]c3cc2Br)s1. The number of ketones is 1. The lowest BCUT2D eigenvalue weighted by Crippen LogP contribution is -2.00. The monoisotopic (exact) mass is 350 g/mol. The molecule has 2 N–H and O–H groups in total. The molecule has 4 nitrogen and oxygen atoms in total. The molecule has 0 aliphatic rings. The summed E-state index contributed by atoms with van der Waals surface area (Å²) in [4.78, 5) is 31.0. The van der Waals surface area contributed by atoms with Crippen LogP contribution in [0.5, 0.6) is 0 Å². The minimum absolute atomic E-state index is 0.0366. The molecule has 2 aromatic heterocycles. The number of aromatic amines is 2. The van der Waals surface area contributed by atoms with Gasteiger partial charge in [-0.2, -0.15) is 0 Å². The van der Waals surface area contributed by atoms with Gasteiger partial charge in [0.25, 0.3) is 0 Å². The van der Waals surface area contributed by atoms with E-state index in [-0.39, 0.29) is 11.5 Å². The van der Waals surface area contributed by atoms with Crippen LogP contribution in [0.25, 0.3) is 11.0 Å². The van der Waals surface area contributed by atoms with Crippen molar-refractivity contribution in [1.82, 2.24) is 9.97 Å². The van der Waals surface area contributed by atoms with E-state index in [4.69, 9.17) is 0 Å². The van der Waals surface area contributed by atoms with Crippen LogP contribution >= 0.6 is 27.3 Å². The van der Waals surface area contributed by atoms with E-state index in [2.05, 4.69) is 32.8 Å². The molecule has 0 spiro atoms. The summed E-state index contributed by atoms with van der Waals surface area (Å²) in [5.74, 6) is -0.0366. The minimum Gasteiger partial charge on any atom is -0.306 e. The molecule has 6 heteroatoms. The number of fused-ring (bicyclic) bond motifs is 1. The van der Waals surface area contributed by atoms with Gasteiger partial charge in [-0.1, -0.05) is 6.92 Å². The Balaban J connectivity index is 2.10. The highest BCUT2D eigenvalue weighted by molar-refractivity contribution is 9.10. The maximum absolute atomic E-state index is 12.5. The number of thiophene rings is 1. The van der Waals surface area contributed by atoms with E-state index in [0.29, 0.717) is 25.9 Å². The molecule has 1 aromatic carbocycles. The first-order chi connectivity index (χ1) is 9.58. The van der Waals surface area contributed by atoms with Crippen LogP contribution in [0, 0.1) is 0 Å². The quantitative estimate of drug-likeness (QED) is 0.710. The molecule has 0 atom stereocenters. The fourth-order valence-electron chi connectivity index (χ4n) is 2.05. The molecule has 3 aromatic rings. The zero-order chi connectivity index (χ0) is 14.3. The van der Waals surface area contributed by atoms with Crippen LogP contribution in [0.3, 0.4) is 0 Å². The maximum atomic E-state index is 12.5. The molecule has 2 heterocycles. The standard InChI is InChI=1S/C14H11BrN2O2S/c1-2-7-3-4-12(20-7)13(18)8-5-10-11(6-9(8)15)17-14(19)16-10/h3-6H,2H2,1H3,(H2,16,17,19). The first-order valence-electron chi connectivity index (χ1n) is 6.13. The number of H-pyrrole nitrogens is 2. The second-order valence-corrected chi connectivity index (χ2v) is 6.43. The number of carbonyl (C=O) groups is 1. The largest absolute Gasteiger partial charge is 0.323 e. The van der Waals surface area contributed by atoms with Crippen LogP contribution in [-0.4, -0.2) is 15.8 Å². The summed E-state index contributed by atoms with van der Waals surface area (Å²) in [5, 5.41) is 0. The third kappa shape index (κ3) is 2.25. The summed E-state index contributed by atoms with van der Waals surface area (Å²) in [7, 11) is 0. The summed E-state index contributed by atoms with van der Waals surface area (Å²) in [6.45, 7) is 2.06. The number of aromatic nitrogens is 2. The Bertz CT molecular complexity index is 860. The average molecular weight is 351 g/mol. The predicted octanol–water partition coefficient (Wildman–Crippen LogP) is 3.47. The highest BCUT2D eigenvalue weighted by atomic mass is 79.9. The van der Waals surface area contributed by atoms with Crippen LogP contribution in [-0.2, 0) is 6.42 Å². The number of nitrogens with one attached hydrogen (secondary N) is 2. The van der Waals surface area contributed by atoms with Crippen molar-refractivity contribution in [1.29, 1.82) is 0 Å². The second kappa shape index (κ2) is 5.03. The van der Waals surface area contributed by atoms with Gasteiger partial charge in [-0.25, -0.2) is 4.79 Å². The minimum atomic E-state index is -0.277. The van der Waals surface area contributed by atoms with Crippen molar-refractivity contribution in [2.24, 2.45) is 0 Å². The van der Waals surface area contributed by atoms with Crippen molar-refractivity contribution in [3.05, 3.63) is 54.5 Å². The van der Waals surface area contributed by atoms with Crippen LogP contribution in [0.2, 0.25) is 0 Å². The van der Waals surface area contributed by atoms with Crippen LogP contribution < -0.4 is 5.69 Å². The zero-order valence-electron chi connectivity index (χ0n) is 10.6. The zero-order valence-corrected chi connectivity index (χ0v) is 13.0. The van der Waals surface area contributed by atoms with E-state index in [0.717, 1.165) is 6.42 Å². The summed E-state index contributed by atoms with van der Waals surface area (Å²) in [6.07, 6.45) is 0.920. The predicted molar refractivity (Wildman–Crippen MR) is 83.7 cm³/mol. The molecule has 0 unspecified atom stereocenters. The summed E-state index contributed by atoms with van der Waals surface area (Å²) in [5.41, 5.74) is 1.59. The third-order valence-electron chi connectivity index (χ3n) is 3.08. The van der Waals surface area contributed by atoms with Gasteiger partial charge in [-0.15, -0.1) is 11.3 Å². The molecule has 0 saturated carbocycles. The Morgan fingerprint density at radius 2 is 1.95 bits per heavy atom. The summed E-state index contributed by atoms with van der Waals surface area (Å²) >= 11 is 4.90. The third-order valence-corrected chi connectivity index (χ3v) is 4.97. The Morgan fingerprint density at radius 3 is 2.60 bits per heavy atom. The van der Waals surface area contributed by atoms with Crippen molar-refractivity contribution in [3.8, 4) is 0 Å². The molecular weight excluding hydrogens is 340 g/mol. The van der Waals surface area contributed by atoms with E-state index in [1.54, 1.807) is 12.1 Å². The normalized spacial score (nSPS) is 11.1. The van der Waals surface area contributed by atoms with E-state index in [1.165, 1.54) is 16.2 Å². The van der Waals surface area contributed by atoms with Gasteiger partial charge in [0.15, 0.2) is 0 Å². The fraction of sp³-hybridized carbons (Fsp3) is 0.143. The Kier molecular flexibility index (Phi) is 3.35. The highest BCUT2D eigenvalue weighted by Gasteiger charge is 2.16. The van der Waals surface area contributed by atoms with Gasteiger partial charge >= 0.3 is 5.69 Å². The number of imidazole rings is 1. The Morgan fingerprint density at radius 1 is 1.25 bits per heavy atom. The van der Waals surface area contributed by atoms with Crippen molar-refractivity contribution in [2.45, 2.75) is 13.3 Å². The van der Waals surface area contributed by atoms with Crippen LogP contribution in [0.1, 0.15) is 27.0 Å². The van der Waals surface area contributed by atoms with Crippen molar-refractivity contribution in [3.63, 3.8) is 0 Å². The molecule has 0 radical (unpaired) electrons. The van der Waals surface area contributed by atoms with E-state index < -0.39 is 0 Å². The number of halogens is 1. The van der Waals surface area contributed by atoms with Crippen molar-refractivity contribution < 1.29 is 4.79 Å². The molecule has 0 fully saturated rings. The van der Waals surface area contributed by atoms with Gasteiger partial charge in [-0.3, -0.25) is 4.79 Å². The smallest absolute Gasteiger partial charge is 0.306 e. The number of benzene rings is 1. The van der Waals surface area contributed by atoms with Gasteiger partial charge in [-0.05, 0) is 46.6 Å². The van der Waals surface area contributed by atoms with Crippen LogP contribution in [0.4, 0.5) is 0 Å². The van der Waals surface area contributed by atoms with Gasteiger partial charge in [0, 0.05) is 14.9 Å². The lowest BCUT2D eigenvalue weighted by atomic mass is 10.1. The Labute approximate surface area is 127 Å². The summed E-state index contributed by atoms with van der Waals surface area (Å²) < 4.78 is 0.677. The number of hydrogen-bond donors (Lipinski definition) is 2. The molecule has 0 aliphatic heterocycles. The molecule has 0 aliphatic carbocycles. The molecule has 102 valence electrons. The number of rotatable bonds is 3.